The third-order valence-electron chi connectivity index (χ3n) is 3.94. The summed E-state index contributed by atoms with van der Waals surface area (Å²) >= 11 is 0. The zero-order valence-corrected chi connectivity index (χ0v) is 13.4. The maximum absolute atomic E-state index is 12.2. The number of aromatic carboxylic acids is 1. The predicted octanol–water partition coefficient (Wildman–Crippen LogP) is 2.39. The smallest absolute Gasteiger partial charge is 0.335 e. The highest BCUT2D eigenvalue weighted by Crippen LogP contribution is 2.25. The van der Waals surface area contributed by atoms with Crippen molar-refractivity contribution in [2.24, 2.45) is 0 Å². The Balaban J connectivity index is 1.85. The molecule has 126 valence electrons. The van der Waals surface area contributed by atoms with E-state index >= 15 is 0 Å². The summed E-state index contributed by atoms with van der Waals surface area (Å²) in [6, 6.07) is 13.0. The lowest BCUT2D eigenvalue weighted by atomic mass is 10.1. The average Bonchev–Trinajstić information content (AvgIpc) is 2.91. The Morgan fingerprint density at radius 2 is 1.72 bits per heavy atom. The van der Waals surface area contributed by atoms with Crippen molar-refractivity contribution in [2.75, 3.05) is 18.6 Å². The largest absolute Gasteiger partial charge is 0.497 e. The molecule has 0 unspecified atom stereocenters. The van der Waals surface area contributed by atoms with Crippen LogP contribution in [0.5, 0.6) is 5.75 Å². The number of benzene rings is 2. The summed E-state index contributed by atoms with van der Waals surface area (Å²) in [6.45, 7) is 0.149. The Morgan fingerprint density at radius 1 is 1.08 bits per heavy atom. The monoisotopic (exact) mass is 337 g/mol. The van der Waals surface area contributed by atoms with Crippen LogP contribution >= 0.6 is 0 Å². The van der Waals surface area contributed by atoms with E-state index in [2.05, 4.69) is 0 Å². The zero-order chi connectivity index (χ0) is 18.0. The summed E-state index contributed by atoms with van der Waals surface area (Å²) in [7, 11) is 1.57. The molecular formula is C19H15NO5. The molecule has 2 aromatic carbocycles. The van der Waals surface area contributed by atoms with E-state index in [9.17, 15) is 14.4 Å². The molecule has 0 aromatic heterocycles. The first-order valence-corrected chi connectivity index (χ1v) is 7.54. The summed E-state index contributed by atoms with van der Waals surface area (Å²) in [6.07, 6.45) is 1.67. The number of rotatable bonds is 4. The normalized spacial score (nSPS) is 15.7. The maximum Gasteiger partial charge on any atom is 0.335 e. The van der Waals surface area contributed by atoms with Crippen molar-refractivity contribution in [3.05, 3.63) is 65.2 Å². The fraction of sp³-hybridized carbons (Fsp3) is 0.105. The molecular weight excluding hydrogens is 322 g/mol. The SMILES string of the molecule is COc1ccc(C=C2CN(c3ccc(C(=O)O)cc3)C(=O)C2=O)cc1. The van der Waals surface area contributed by atoms with E-state index in [0.29, 0.717) is 17.0 Å². The molecule has 0 atom stereocenters. The van der Waals surface area contributed by atoms with Gasteiger partial charge in [0.25, 0.3) is 5.91 Å². The number of nitrogens with zero attached hydrogens (tertiary/aromatic N) is 1. The second kappa shape index (κ2) is 6.60. The standard InChI is InChI=1S/C19H15NO5/c1-25-16-8-2-12(3-9-16)10-14-11-20(18(22)17(14)21)15-6-4-13(5-7-15)19(23)24/h2-10H,11H2,1H3,(H,23,24). The van der Waals surface area contributed by atoms with Crippen molar-refractivity contribution < 1.29 is 24.2 Å². The summed E-state index contributed by atoms with van der Waals surface area (Å²) in [5, 5.41) is 8.93. The Bertz CT molecular complexity index is 866. The van der Waals surface area contributed by atoms with Crippen LogP contribution in [0.4, 0.5) is 5.69 Å². The Hall–Kier alpha value is -3.41. The van der Waals surface area contributed by atoms with Crippen molar-refractivity contribution in [3.63, 3.8) is 0 Å². The van der Waals surface area contributed by atoms with Gasteiger partial charge < -0.3 is 14.7 Å². The molecule has 0 aliphatic carbocycles. The molecule has 0 saturated carbocycles. The number of amides is 1. The molecule has 1 heterocycles. The minimum absolute atomic E-state index is 0.121. The number of hydrogen-bond acceptors (Lipinski definition) is 4. The minimum Gasteiger partial charge on any atom is -0.497 e. The predicted molar refractivity (Wildman–Crippen MR) is 91.7 cm³/mol. The van der Waals surface area contributed by atoms with Gasteiger partial charge in [0.2, 0.25) is 5.78 Å². The van der Waals surface area contributed by atoms with Gasteiger partial charge in [-0.25, -0.2) is 4.79 Å². The lowest BCUT2D eigenvalue weighted by Gasteiger charge is -2.14. The molecule has 1 amide bonds. The summed E-state index contributed by atoms with van der Waals surface area (Å²) in [5.41, 5.74) is 1.79. The van der Waals surface area contributed by atoms with Crippen LogP contribution in [0.3, 0.4) is 0 Å². The van der Waals surface area contributed by atoms with E-state index in [-0.39, 0.29) is 12.1 Å². The Kier molecular flexibility index (Phi) is 4.35. The number of carboxylic acid groups (broad SMARTS) is 1. The highest BCUT2D eigenvalue weighted by Gasteiger charge is 2.35. The van der Waals surface area contributed by atoms with Crippen LogP contribution in [-0.4, -0.2) is 36.4 Å². The highest BCUT2D eigenvalue weighted by molar-refractivity contribution is 6.51. The van der Waals surface area contributed by atoms with Crippen LogP contribution in [-0.2, 0) is 9.59 Å². The lowest BCUT2D eigenvalue weighted by molar-refractivity contribution is -0.132. The Morgan fingerprint density at radius 3 is 2.28 bits per heavy atom. The number of methoxy groups -OCH3 is 1. The molecule has 1 aliphatic rings. The second-order valence-corrected chi connectivity index (χ2v) is 5.52. The van der Waals surface area contributed by atoms with Gasteiger partial charge in [-0.1, -0.05) is 12.1 Å². The van der Waals surface area contributed by atoms with E-state index in [1.54, 1.807) is 37.5 Å². The van der Waals surface area contributed by atoms with Crippen LogP contribution in [0.1, 0.15) is 15.9 Å². The van der Waals surface area contributed by atoms with E-state index in [4.69, 9.17) is 9.84 Å². The van der Waals surface area contributed by atoms with E-state index in [0.717, 1.165) is 5.56 Å². The molecule has 6 nitrogen and oxygen atoms in total. The highest BCUT2D eigenvalue weighted by atomic mass is 16.5. The number of carbonyl (C=O) groups excluding carboxylic acids is 2. The van der Waals surface area contributed by atoms with Gasteiger partial charge in [0.1, 0.15) is 5.75 Å². The third-order valence-corrected chi connectivity index (χ3v) is 3.94. The molecule has 1 saturated heterocycles. The number of ether oxygens (including phenoxy) is 1. The van der Waals surface area contributed by atoms with Crippen LogP contribution < -0.4 is 9.64 Å². The van der Waals surface area contributed by atoms with Gasteiger partial charge in [-0.3, -0.25) is 9.59 Å². The summed E-state index contributed by atoms with van der Waals surface area (Å²) in [4.78, 5) is 36.7. The van der Waals surface area contributed by atoms with Gasteiger partial charge in [0.15, 0.2) is 0 Å². The van der Waals surface area contributed by atoms with Gasteiger partial charge in [-0.2, -0.15) is 0 Å². The third kappa shape index (κ3) is 3.28. The Labute approximate surface area is 143 Å². The van der Waals surface area contributed by atoms with Gasteiger partial charge in [0, 0.05) is 11.3 Å². The quantitative estimate of drug-likeness (QED) is 0.684. The molecule has 3 rings (SSSR count). The second-order valence-electron chi connectivity index (χ2n) is 5.52. The van der Waals surface area contributed by atoms with Crippen LogP contribution in [0.25, 0.3) is 6.08 Å². The number of Topliss-reactive ketones (excluding diaryl/α,β-unsaturated/α-hetero) is 1. The van der Waals surface area contributed by atoms with E-state index < -0.39 is 17.7 Å². The molecule has 0 radical (unpaired) electrons. The first-order valence-electron chi connectivity index (χ1n) is 7.54. The van der Waals surface area contributed by atoms with E-state index in [1.807, 2.05) is 0 Å². The van der Waals surface area contributed by atoms with Crippen molar-refractivity contribution >= 4 is 29.4 Å². The molecule has 25 heavy (non-hydrogen) atoms. The fourth-order valence-electron chi connectivity index (χ4n) is 2.58. The average molecular weight is 337 g/mol. The number of anilines is 1. The van der Waals surface area contributed by atoms with Crippen LogP contribution in [0.2, 0.25) is 0 Å². The number of ketones is 1. The van der Waals surface area contributed by atoms with Gasteiger partial charge in [0.05, 0.1) is 19.2 Å². The van der Waals surface area contributed by atoms with Crippen molar-refractivity contribution in [3.8, 4) is 5.75 Å². The number of carbonyl (C=O) groups is 3. The lowest BCUT2D eigenvalue weighted by Crippen LogP contribution is -2.26. The summed E-state index contributed by atoms with van der Waals surface area (Å²) < 4.78 is 5.09. The molecule has 1 N–H and O–H groups in total. The van der Waals surface area contributed by atoms with Crippen molar-refractivity contribution in [1.82, 2.24) is 0 Å². The van der Waals surface area contributed by atoms with Gasteiger partial charge in [-0.05, 0) is 48.0 Å². The molecule has 2 aromatic rings. The molecule has 0 spiro atoms. The van der Waals surface area contributed by atoms with Gasteiger partial charge >= 0.3 is 5.97 Å². The molecule has 0 bridgehead atoms. The number of hydrogen-bond donors (Lipinski definition) is 1. The van der Waals surface area contributed by atoms with E-state index in [1.165, 1.54) is 29.2 Å². The maximum atomic E-state index is 12.2. The molecule has 1 aliphatic heterocycles. The first-order chi connectivity index (χ1) is 12.0. The molecule has 1 fully saturated rings. The van der Waals surface area contributed by atoms with Crippen molar-refractivity contribution in [2.45, 2.75) is 0 Å². The minimum atomic E-state index is -1.05. The fourth-order valence-corrected chi connectivity index (χ4v) is 2.58. The molecule has 6 heteroatoms. The van der Waals surface area contributed by atoms with Crippen molar-refractivity contribution in [1.29, 1.82) is 0 Å². The zero-order valence-electron chi connectivity index (χ0n) is 13.4. The van der Waals surface area contributed by atoms with Crippen LogP contribution in [0.15, 0.2) is 54.1 Å². The number of carboxylic acids is 1. The topological polar surface area (TPSA) is 83.9 Å². The van der Waals surface area contributed by atoms with Crippen LogP contribution in [0, 0.1) is 0 Å². The first kappa shape index (κ1) is 16.4. The summed E-state index contributed by atoms with van der Waals surface area (Å²) in [5.74, 6) is -1.52. The van der Waals surface area contributed by atoms with Gasteiger partial charge in [-0.15, -0.1) is 0 Å².